The van der Waals surface area contributed by atoms with Crippen LogP contribution in [0.2, 0.25) is 0 Å². The lowest BCUT2D eigenvalue weighted by molar-refractivity contribution is -0.0505. The number of hydrogen-bond donors (Lipinski definition) is 2. The van der Waals surface area contributed by atoms with Crippen molar-refractivity contribution in [1.82, 2.24) is 5.32 Å². The molecular weight excluding hydrogens is 264 g/mol. The Kier molecular flexibility index (Phi) is 6.36. The van der Waals surface area contributed by atoms with E-state index < -0.39 is 6.61 Å². The fourth-order valence-electron chi connectivity index (χ4n) is 1.82. The van der Waals surface area contributed by atoms with Gasteiger partial charge in [-0.25, -0.2) is 0 Å². The molecule has 0 aliphatic carbocycles. The van der Waals surface area contributed by atoms with Crippen molar-refractivity contribution in [2.45, 2.75) is 46.9 Å². The van der Waals surface area contributed by atoms with Gasteiger partial charge in [-0.1, -0.05) is 13.0 Å². The maximum atomic E-state index is 12.4. The van der Waals surface area contributed by atoms with Gasteiger partial charge in [-0.05, 0) is 43.9 Å². The van der Waals surface area contributed by atoms with Crippen molar-refractivity contribution in [2.75, 3.05) is 6.61 Å². The number of nitrogens with one attached hydrogen (secondary N) is 1. The van der Waals surface area contributed by atoms with Crippen LogP contribution < -0.4 is 10.1 Å². The number of halogens is 2. The maximum absolute atomic E-state index is 12.4. The Labute approximate surface area is 119 Å². The van der Waals surface area contributed by atoms with E-state index in [2.05, 4.69) is 10.1 Å². The molecule has 0 amide bonds. The van der Waals surface area contributed by atoms with Crippen molar-refractivity contribution >= 4 is 0 Å². The molecule has 0 fully saturated rings. The van der Waals surface area contributed by atoms with E-state index in [-0.39, 0.29) is 24.3 Å². The third-order valence-electron chi connectivity index (χ3n) is 3.65. The summed E-state index contributed by atoms with van der Waals surface area (Å²) in [4.78, 5) is 0. The summed E-state index contributed by atoms with van der Waals surface area (Å²) in [6.07, 6.45) is 0. The number of alkyl halides is 2. The van der Waals surface area contributed by atoms with Crippen LogP contribution in [0.25, 0.3) is 0 Å². The topological polar surface area (TPSA) is 41.5 Å². The van der Waals surface area contributed by atoms with Crippen LogP contribution in [0.15, 0.2) is 12.1 Å². The van der Waals surface area contributed by atoms with E-state index in [9.17, 15) is 8.78 Å². The minimum absolute atomic E-state index is 0.0843. The second-order valence-electron chi connectivity index (χ2n) is 5.25. The summed E-state index contributed by atoms with van der Waals surface area (Å²) in [5.41, 5.74) is 2.65. The van der Waals surface area contributed by atoms with Gasteiger partial charge < -0.3 is 15.2 Å². The average Bonchev–Trinajstić information content (AvgIpc) is 2.39. The number of benzene rings is 1. The first-order valence-electron chi connectivity index (χ1n) is 6.74. The van der Waals surface area contributed by atoms with E-state index in [0.717, 1.165) is 11.1 Å². The minimum Gasteiger partial charge on any atom is -0.434 e. The quantitative estimate of drug-likeness (QED) is 0.810. The lowest BCUT2D eigenvalue weighted by Crippen LogP contribution is -2.33. The van der Waals surface area contributed by atoms with E-state index in [4.69, 9.17) is 5.11 Å². The molecule has 0 heterocycles. The Bertz CT molecular complexity index is 438. The van der Waals surface area contributed by atoms with E-state index in [1.165, 1.54) is 0 Å². The van der Waals surface area contributed by atoms with Crippen LogP contribution in [-0.4, -0.2) is 24.4 Å². The zero-order chi connectivity index (χ0) is 15.3. The molecule has 0 radical (unpaired) electrons. The molecule has 3 nitrogen and oxygen atoms in total. The Hall–Kier alpha value is -1.20. The van der Waals surface area contributed by atoms with Crippen LogP contribution in [0.1, 0.15) is 30.5 Å². The molecule has 0 spiro atoms. The van der Waals surface area contributed by atoms with Gasteiger partial charge in [-0.2, -0.15) is 8.78 Å². The van der Waals surface area contributed by atoms with Crippen LogP contribution in [-0.2, 0) is 6.54 Å². The molecule has 2 atom stereocenters. The Balaban J connectivity index is 2.84. The fourth-order valence-corrected chi connectivity index (χ4v) is 1.82. The van der Waals surface area contributed by atoms with E-state index in [1.54, 1.807) is 6.07 Å². The summed E-state index contributed by atoms with van der Waals surface area (Å²) >= 11 is 0. The average molecular weight is 287 g/mol. The van der Waals surface area contributed by atoms with Crippen molar-refractivity contribution < 1.29 is 18.6 Å². The molecule has 1 rings (SSSR count). The monoisotopic (exact) mass is 287 g/mol. The molecule has 0 bridgehead atoms. The van der Waals surface area contributed by atoms with Gasteiger partial charge in [0.25, 0.3) is 0 Å². The lowest BCUT2D eigenvalue weighted by Gasteiger charge is -2.21. The van der Waals surface area contributed by atoms with E-state index in [1.807, 2.05) is 33.8 Å². The lowest BCUT2D eigenvalue weighted by atomic mass is 10.0. The summed E-state index contributed by atoms with van der Waals surface area (Å²) in [5, 5.41) is 12.3. The fraction of sp³-hybridized carbons (Fsp3) is 0.600. The summed E-state index contributed by atoms with van der Waals surface area (Å²) in [6, 6.07) is 3.58. The first-order valence-corrected chi connectivity index (χ1v) is 6.74. The summed E-state index contributed by atoms with van der Waals surface area (Å²) in [7, 11) is 0. The van der Waals surface area contributed by atoms with Gasteiger partial charge in [-0.3, -0.25) is 0 Å². The highest BCUT2D eigenvalue weighted by Gasteiger charge is 2.14. The summed E-state index contributed by atoms with van der Waals surface area (Å²) < 4.78 is 29.5. The first kappa shape index (κ1) is 16.9. The standard InChI is InChI=1S/C15H23F2NO2/c1-9-5-13(7-18-12(4)11(3)8-19)14(6-10(9)2)20-15(16)17/h5-6,11-12,15,18-19H,7-8H2,1-4H3. The molecule has 1 aromatic carbocycles. The van der Waals surface area contributed by atoms with Gasteiger partial charge in [0.05, 0.1) is 0 Å². The zero-order valence-electron chi connectivity index (χ0n) is 12.4. The van der Waals surface area contributed by atoms with Gasteiger partial charge in [-0.15, -0.1) is 0 Å². The Morgan fingerprint density at radius 3 is 2.35 bits per heavy atom. The van der Waals surface area contributed by atoms with Gasteiger partial charge in [0, 0.05) is 24.8 Å². The molecule has 1 aromatic rings. The third kappa shape index (κ3) is 4.72. The minimum atomic E-state index is -2.83. The van der Waals surface area contributed by atoms with Gasteiger partial charge in [0.15, 0.2) is 0 Å². The third-order valence-corrected chi connectivity index (χ3v) is 3.65. The molecule has 2 unspecified atom stereocenters. The smallest absolute Gasteiger partial charge is 0.387 e. The van der Waals surface area contributed by atoms with Gasteiger partial charge in [0.1, 0.15) is 5.75 Å². The molecule has 5 heteroatoms. The second kappa shape index (κ2) is 7.55. The van der Waals surface area contributed by atoms with Crippen LogP contribution in [0.5, 0.6) is 5.75 Å². The maximum Gasteiger partial charge on any atom is 0.387 e. The highest BCUT2D eigenvalue weighted by atomic mass is 19.3. The SMILES string of the molecule is Cc1cc(CNC(C)C(C)CO)c(OC(F)F)cc1C. The zero-order valence-corrected chi connectivity index (χ0v) is 12.4. The molecule has 0 aliphatic rings. The number of hydrogen-bond acceptors (Lipinski definition) is 3. The molecule has 0 saturated heterocycles. The van der Waals surface area contributed by atoms with E-state index in [0.29, 0.717) is 12.1 Å². The largest absolute Gasteiger partial charge is 0.434 e. The molecule has 0 aliphatic heterocycles. The van der Waals surface area contributed by atoms with Crippen LogP contribution in [0.3, 0.4) is 0 Å². The van der Waals surface area contributed by atoms with Crippen LogP contribution in [0.4, 0.5) is 8.78 Å². The first-order chi connectivity index (χ1) is 9.35. The molecule has 0 aromatic heterocycles. The summed E-state index contributed by atoms with van der Waals surface area (Å²) in [6.45, 7) is 5.36. The van der Waals surface area contributed by atoms with Gasteiger partial charge >= 0.3 is 6.61 Å². The van der Waals surface area contributed by atoms with E-state index >= 15 is 0 Å². The van der Waals surface area contributed by atoms with Crippen LogP contribution >= 0.6 is 0 Å². The van der Waals surface area contributed by atoms with Crippen molar-refractivity contribution in [3.8, 4) is 5.75 Å². The van der Waals surface area contributed by atoms with Crippen molar-refractivity contribution in [1.29, 1.82) is 0 Å². The molecule has 0 saturated carbocycles. The Morgan fingerprint density at radius 1 is 1.20 bits per heavy atom. The molecule has 20 heavy (non-hydrogen) atoms. The number of aliphatic hydroxyl groups excluding tert-OH is 1. The summed E-state index contributed by atoms with van der Waals surface area (Å²) in [5.74, 6) is 0.306. The van der Waals surface area contributed by atoms with Crippen molar-refractivity contribution in [3.63, 3.8) is 0 Å². The molecular formula is C15H23F2NO2. The highest BCUT2D eigenvalue weighted by Crippen LogP contribution is 2.25. The van der Waals surface area contributed by atoms with Gasteiger partial charge in [0.2, 0.25) is 0 Å². The number of aliphatic hydroxyl groups is 1. The highest BCUT2D eigenvalue weighted by molar-refractivity contribution is 5.41. The van der Waals surface area contributed by atoms with Crippen LogP contribution in [0, 0.1) is 19.8 Å². The number of ether oxygens (including phenoxy) is 1. The normalized spacial score (nSPS) is 14.4. The predicted octanol–water partition coefficient (Wildman–Crippen LogP) is 3.01. The molecule has 114 valence electrons. The van der Waals surface area contributed by atoms with Crippen molar-refractivity contribution in [2.24, 2.45) is 5.92 Å². The predicted molar refractivity (Wildman–Crippen MR) is 75.1 cm³/mol. The number of rotatable bonds is 7. The molecule has 2 N–H and O–H groups in total. The Morgan fingerprint density at radius 2 is 1.80 bits per heavy atom. The number of aryl methyl sites for hydroxylation is 2. The van der Waals surface area contributed by atoms with Crippen molar-refractivity contribution in [3.05, 3.63) is 28.8 Å². The second-order valence-corrected chi connectivity index (χ2v) is 5.25.